The maximum Gasteiger partial charge on any atom is 0.326 e. The number of hydrogen-bond acceptors (Lipinski definition) is 5. The lowest BCUT2D eigenvalue weighted by atomic mass is 9.87. The molecule has 2 aromatic rings. The largest absolute Gasteiger partial charge is 0.369 e. The third-order valence-electron chi connectivity index (χ3n) is 3.95. The van der Waals surface area contributed by atoms with Crippen LogP contribution in [0.4, 0.5) is 22.2 Å². The van der Waals surface area contributed by atoms with Gasteiger partial charge in [-0.05, 0) is 44.1 Å². The summed E-state index contributed by atoms with van der Waals surface area (Å²) in [6.07, 6.45) is 0. The minimum absolute atomic E-state index is 0.0756. The number of aromatic nitrogens is 2. The van der Waals surface area contributed by atoms with Crippen molar-refractivity contribution in [3.8, 4) is 0 Å². The molecule has 0 radical (unpaired) electrons. The van der Waals surface area contributed by atoms with E-state index in [2.05, 4.69) is 51.6 Å². The summed E-state index contributed by atoms with van der Waals surface area (Å²) >= 11 is 0. The first-order chi connectivity index (χ1) is 12.6. The summed E-state index contributed by atoms with van der Waals surface area (Å²) in [6.45, 7) is 9.98. The quantitative estimate of drug-likeness (QED) is 0.722. The van der Waals surface area contributed by atoms with Crippen molar-refractivity contribution in [1.29, 1.82) is 0 Å². The summed E-state index contributed by atoms with van der Waals surface area (Å²) in [4.78, 5) is 23.0. The zero-order valence-corrected chi connectivity index (χ0v) is 17.1. The molecule has 146 valence electrons. The van der Waals surface area contributed by atoms with Gasteiger partial charge in [0.05, 0.1) is 0 Å². The second-order valence-corrected chi connectivity index (χ2v) is 7.85. The van der Waals surface area contributed by atoms with Gasteiger partial charge in [-0.3, -0.25) is 5.32 Å². The molecule has 7 nitrogen and oxygen atoms in total. The highest BCUT2D eigenvalue weighted by Crippen LogP contribution is 2.23. The Kier molecular flexibility index (Phi) is 6.74. The highest BCUT2D eigenvalue weighted by atomic mass is 16.2. The van der Waals surface area contributed by atoms with Crippen molar-refractivity contribution in [2.45, 2.75) is 33.1 Å². The third kappa shape index (κ3) is 6.86. The molecule has 2 rings (SSSR count). The van der Waals surface area contributed by atoms with Crippen LogP contribution in [0.25, 0.3) is 0 Å². The maximum atomic E-state index is 12.3. The van der Waals surface area contributed by atoms with Gasteiger partial charge in [0.25, 0.3) is 0 Å². The second-order valence-electron chi connectivity index (χ2n) is 7.85. The average Bonchev–Trinajstić information content (AvgIpc) is 2.53. The van der Waals surface area contributed by atoms with E-state index < -0.39 is 0 Å². The van der Waals surface area contributed by atoms with Crippen LogP contribution in [0.2, 0.25) is 0 Å². The van der Waals surface area contributed by atoms with Crippen LogP contribution in [-0.4, -0.2) is 48.1 Å². The Hall–Kier alpha value is -2.67. The molecule has 1 aromatic carbocycles. The topological polar surface area (TPSA) is 82.2 Å². The summed E-state index contributed by atoms with van der Waals surface area (Å²) in [6, 6.07) is 9.31. The van der Waals surface area contributed by atoms with Crippen molar-refractivity contribution in [2.75, 3.05) is 43.1 Å². The van der Waals surface area contributed by atoms with Crippen molar-refractivity contribution in [3.05, 3.63) is 41.6 Å². The van der Waals surface area contributed by atoms with Crippen LogP contribution in [0.5, 0.6) is 0 Å². The number of carbonyl (C=O) groups is 1. The Morgan fingerprint density at radius 3 is 2.33 bits per heavy atom. The fraction of sp³-hybridized carbons (Fsp3) is 0.450. The molecule has 2 amide bonds. The molecular formula is C20H30N6O. The molecule has 0 fully saturated rings. The smallest absolute Gasteiger partial charge is 0.326 e. The average molecular weight is 371 g/mol. The fourth-order valence-corrected chi connectivity index (χ4v) is 2.44. The van der Waals surface area contributed by atoms with E-state index >= 15 is 0 Å². The van der Waals surface area contributed by atoms with E-state index in [9.17, 15) is 4.79 Å². The summed E-state index contributed by atoms with van der Waals surface area (Å²) in [5, 5.41) is 8.74. The monoisotopic (exact) mass is 370 g/mol. The minimum atomic E-state index is -0.372. The molecule has 0 spiro atoms. The molecule has 0 saturated carbocycles. The third-order valence-corrected chi connectivity index (χ3v) is 3.95. The number of hydrogen-bond donors (Lipinski definition) is 3. The zero-order valence-electron chi connectivity index (χ0n) is 17.1. The van der Waals surface area contributed by atoms with Gasteiger partial charge in [-0.15, -0.1) is 0 Å². The number of aryl methyl sites for hydroxylation is 1. The van der Waals surface area contributed by atoms with Gasteiger partial charge < -0.3 is 15.5 Å². The molecule has 0 aliphatic rings. The van der Waals surface area contributed by atoms with E-state index in [0.717, 1.165) is 24.5 Å². The van der Waals surface area contributed by atoms with Crippen molar-refractivity contribution in [1.82, 2.24) is 14.9 Å². The standard InChI is InChI=1S/C20H30N6O/c1-14-13-17(21-11-12-26(5)6)24-18(22-14)25-19(27)23-16-9-7-15(8-10-16)20(2,3)4/h7-10,13H,11-12H2,1-6H3,(H3,21,22,23,24,25,27). The van der Waals surface area contributed by atoms with Gasteiger partial charge >= 0.3 is 6.03 Å². The van der Waals surface area contributed by atoms with E-state index in [-0.39, 0.29) is 17.4 Å². The maximum absolute atomic E-state index is 12.3. The number of benzene rings is 1. The number of amides is 2. The normalized spacial score (nSPS) is 11.4. The molecule has 0 unspecified atom stereocenters. The van der Waals surface area contributed by atoms with Crippen molar-refractivity contribution >= 4 is 23.5 Å². The lowest BCUT2D eigenvalue weighted by molar-refractivity contribution is 0.262. The molecule has 0 aliphatic carbocycles. The van der Waals surface area contributed by atoms with Crippen molar-refractivity contribution < 1.29 is 4.79 Å². The van der Waals surface area contributed by atoms with Gasteiger partial charge in [-0.25, -0.2) is 9.78 Å². The number of nitrogens with one attached hydrogen (secondary N) is 3. The van der Waals surface area contributed by atoms with Crippen molar-refractivity contribution in [3.63, 3.8) is 0 Å². The Bertz CT molecular complexity index is 765. The van der Waals surface area contributed by atoms with Gasteiger partial charge in [0.2, 0.25) is 5.95 Å². The summed E-state index contributed by atoms with van der Waals surface area (Å²) in [5.74, 6) is 0.959. The highest BCUT2D eigenvalue weighted by molar-refractivity contribution is 5.98. The lowest BCUT2D eigenvalue weighted by Gasteiger charge is -2.19. The molecule has 1 aromatic heterocycles. The van der Waals surface area contributed by atoms with Crippen molar-refractivity contribution in [2.24, 2.45) is 0 Å². The van der Waals surface area contributed by atoms with Gasteiger partial charge in [0.15, 0.2) is 0 Å². The molecule has 1 heterocycles. The van der Waals surface area contributed by atoms with E-state index in [1.54, 1.807) is 0 Å². The van der Waals surface area contributed by atoms with Crippen LogP contribution in [0.3, 0.4) is 0 Å². The molecule has 0 aliphatic heterocycles. The van der Waals surface area contributed by atoms with Crippen LogP contribution in [0.1, 0.15) is 32.0 Å². The number of urea groups is 1. The van der Waals surface area contributed by atoms with Crippen LogP contribution in [-0.2, 0) is 5.41 Å². The number of rotatable bonds is 6. The van der Waals surface area contributed by atoms with Gasteiger partial charge in [-0.1, -0.05) is 32.9 Å². The Morgan fingerprint density at radius 1 is 1.07 bits per heavy atom. The van der Waals surface area contributed by atoms with E-state index in [1.165, 1.54) is 5.56 Å². The molecule has 7 heteroatoms. The predicted octanol–water partition coefficient (Wildman–Crippen LogP) is 3.70. The summed E-state index contributed by atoms with van der Waals surface area (Å²) < 4.78 is 0. The summed E-state index contributed by atoms with van der Waals surface area (Å²) in [5.41, 5.74) is 2.79. The molecule has 0 bridgehead atoms. The highest BCUT2D eigenvalue weighted by Gasteiger charge is 2.13. The van der Waals surface area contributed by atoms with Gasteiger partial charge in [0, 0.05) is 30.5 Å². The Balaban J connectivity index is 1.97. The van der Waals surface area contributed by atoms with Gasteiger partial charge in [0.1, 0.15) is 5.82 Å². The predicted molar refractivity (Wildman–Crippen MR) is 112 cm³/mol. The first-order valence-electron chi connectivity index (χ1n) is 9.06. The van der Waals surface area contributed by atoms with Crippen LogP contribution < -0.4 is 16.0 Å². The zero-order chi connectivity index (χ0) is 20.0. The first-order valence-corrected chi connectivity index (χ1v) is 9.06. The van der Waals surface area contributed by atoms with Crippen LogP contribution in [0.15, 0.2) is 30.3 Å². The van der Waals surface area contributed by atoms with E-state index in [1.807, 2.05) is 51.4 Å². The number of likely N-dealkylation sites (N-methyl/N-ethyl adjacent to an activating group) is 1. The number of anilines is 3. The van der Waals surface area contributed by atoms with Crippen LogP contribution in [0, 0.1) is 6.92 Å². The SMILES string of the molecule is Cc1cc(NCCN(C)C)nc(NC(=O)Nc2ccc(C(C)(C)C)cc2)n1. The second kappa shape index (κ2) is 8.81. The molecule has 0 saturated heterocycles. The Labute approximate surface area is 161 Å². The molecule has 27 heavy (non-hydrogen) atoms. The minimum Gasteiger partial charge on any atom is -0.369 e. The number of nitrogens with zero attached hydrogens (tertiary/aromatic N) is 3. The van der Waals surface area contributed by atoms with Crippen LogP contribution >= 0.6 is 0 Å². The lowest BCUT2D eigenvalue weighted by Crippen LogP contribution is -2.23. The first kappa shape index (κ1) is 20.6. The van der Waals surface area contributed by atoms with E-state index in [4.69, 9.17) is 0 Å². The molecule has 0 atom stereocenters. The summed E-state index contributed by atoms with van der Waals surface area (Å²) in [7, 11) is 4.02. The number of carbonyl (C=O) groups excluding carboxylic acids is 1. The molecule has 3 N–H and O–H groups in total. The Morgan fingerprint density at radius 2 is 1.74 bits per heavy atom. The van der Waals surface area contributed by atoms with Gasteiger partial charge in [-0.2, -0.15) is 4.98 Å². The van der Waals surface area contributed by atoms with E-state index in [0.29, 0.717) is 5.82 Å². The molecular weight excluding hydrogens is 340 g/mol. The fourth-order valence-electron chi connectivity index (χ4n) is 2.44.